The molecule has 0 aliphatic heterocycles. The van der Waals surface area contributed by atoms with E-state index in [1.165, 1.54) is 12.1 Å². The van der Waals surface area contributed by atoms with Crippen LogP contribution in [0.2, 0.25) is 10.0 Å². The average Bonchev–Trinajstić information content (AvgIpc) is 3.11. The van der Waals surface area contributed by atoms with Crippen LogP contribution in [0.25, 0.3) is 16.9 Å². The van der Waals surface area contributed by atoms with Crippen LogP contribution in [0.1, 0.15) is 23.4 Å². The fraction of sp³-hybridized carbons (Fsp3) is 0.120. The van der Waals surface area contributed by atoms with Crippen LogP contribution < -0.4 is 0 Å². The lowest BCUT2D eigenvalue weighted by molar-refractivity contribution is 0.591. The summed E-state index contributed by atoms with van der Waals surface area (Å²) in [5.41, 5.74) is 3.42. The minimum absolute atomic E-state index is 0.0276. The Morgan fingerprint density at radius 3 is 2.24 bits per heavy atom. The molecular weight excluding hydrogens is 477 g/mol. The first-order valence-corrected chi connectivity index (χ1v) is 12.4. The Hall–Kier alpha value is -2.93. The fourth-order valence-corrected chi connectivity index (χ4v) is 5.47. The standard InChI is InChI=1S/C25H21Cl2N3O2S/c1-16-7-13-20(14-8-16)33(31,32)23(15-28)24-17(2)25(18-9-11-19(26)12-10-18)30(29-24)22-6-4-3-5-21(22)27/h3-15,23,28H,1-2H3/i15D. The van der Waals surface area contributed by atoms with Gasteiger partial charge in [-0.25, -0.2) is 13.1 Å². The highest BCUT2D eigenvalue weighted by molar-refractivity contribution is 7.92. The van der Waals surface area contributed by atoms with Gasteiger partial charge in [-0.1, -0.05) is 65.2 Å². The zero-order valence-electron chi connectivity index (χ0n) is 18.9. The topological polar surface area (TPSA) is 75.8 Å². The van der Waals surface area contributed by atoms with Crippen molar-refractivity contribution in [3.63, 3.8) is 0 Å². The highest BCUT2D eigenvalue weighted by Gasteiger charge is 2.33. The Kier molecular flexibility index (Phi) is 6.06. The molecule has 168 valence electrons. The van der Waals surface area contributed by atoms with Gasteiger partial charge >= 0.3 is 0 Å². The van der Waals surface area contributed by atoms with E-state index in [0.29, 0.717) is 27.0 Å². The molecule has 1 unspecified atom stereocenters. The zero-order chi connectivity index (χ0) is 24.6. The molecule has 0 spiro atoms. The van der Waals surface area contributed by atoms with E-state index in [0.717, 1.165) is 11.1 Å². The summed E-state index contributed by atoms with van der Waals surface area (Å²) >= 11 is 12.5. The normalized spacial score (nSPS) is 12.9. The number of halogens is 2. The summed E-state index contributed by atoms with van der Waals surface area (Å²) in [6, 6.07) is 20.5. The van der Waals surface area contributed by atoms with Crippen LogP contribution in [0.5, 0.6) is 0 Å². The van der Waals surface area contributed by atoms with Crippen LogP contribution in [-0.2, 0) is 9.84 Å². The molecule has 8 heteroatoms. The first-order valence-electron chi connectivity index (χ1n) is 10.6. The maximum absolute atomic E-state index is 13.6. The maximum atomic E-state index is 13.6. The first-order chi connectivity index (χ1) is 16.1. The second kappa shape index (κ2) is 9.14. The van der Waals surface area contributed by atoms with Crippen molar-refractivity contribution in [1.29, 1.82) is 5.41 Å². The van der Waals surface area contributed by atoms with Crippen molar-refractivity contribution < 1.29 is 9.79 Å². The van der Waals surface area contributed by atoms with Crippen LogP contribution in [-0.4, -0.2) is 24.4 Å². The van der Waals surface area contributed by atoms with Crippen LogP contribution in [0.15, 0.2) is 77.7 Å². The van der Waals surface area contributed by atoms with E-state index in [-0.39, 0.29) is 10.6 Å². The summed E-state index contributed by atoms with van der Waals surface area (Å²) in [4.78, 5) is 0.0276. The number of rotatable bonds is 6. The van der Waals surface area contributed by atoms with E-state index < -0.39 is 21.3 Å². The van der Waals surface area contributed by atoms with Gasteiger partial charge in [-0.15, -0.1) is 0 Å². The van der Waals surface area contributed by atoms with Crippen LogP contribution in [0, 0.1) is 19.3 Å². The molecule has 0 bridgehead atoms. The minimum Gasteiger partial charge on any atom is -0.311 e. The smallest absolute Gasteiger partial charge is 0.192 e. The Labute approximate surface area is 204 Å². The summed E-state index contributed by atoms with van der Waals surface area (Å²) in [6.45, 7) is 3.59. The molecule has 0 aliphatic carbocycles. The minimum atomic E-state index is -4.12. The third-order valence-corrected chi connectivity index (χ3v) is 7.86. The Morgan fingerprint density at radius 2 is 1.64 bits per heavy atom. The lowest BCUT2D eigenvalue weighted by Crippen LogP contribution is -2.16. The number of benzene rings is 3. The number of para-hydroxylation sites is 1. The molecule has 3 aromatic carbocycles. The summed E-state index contributed by atoms with van der Waals surface area (Å²) in [5, 5.41) is 12.1. The van der Waals surface area contributed by atoms with Crippen molar-refractivity contribution in [2.24, 2.45) is 0 Å². The third-order valence-electron chi connectivity index (χ3n) is 5.40. The van der Waals surface area contributed by atoms with E-state index in [1.54, 1.807) is 72.3 Å². The van der Waals surface area contributed by atoms with Gasteiger partial charge in [0.15, 0.2) is 9.84 Å². The van der Waals surface area contributed by atoms with Crippen molar-refractivity contribution in [2.75, 3.05) is 0 Å². The molecule has 1 aromatic heterocycles. The summed E-state index contributed by atoms with van der Waals surface area (Å²) in [5.74, 6) is 0. The van der Waals surface area contributed by atoms with E-state index in [4.69, 9.17) is 30.0 Å². The molecule has 4 aromatic rings. The molecule has 0 aliphatic rings. The molecule has 0 fully saturated rings. The Morgan fingerprint density at radius 1 is 1.00 bits per heavy atom. The maximum Gasteiger partial charge on any atom is 0.192 e. The zero-order valence-corrected chi connectivity index (χ0v) is 20.2. The monoisotopic (exact) mass is 498 g/mol. The lowest BCUT2D eigenvalue weighted by Gasteiger charge is -2.12. The molecule has 4 rings (SSSR count). The van der Waals surface area contributed by atoms with Gasteiger partial charge in [0.05, 0.1) is 28.4 Å². The van der Waals surface area contributed by atoms with Crippen molar-refractivity contribution in [1.82, 2.24) is 9.78 Å². The van der Waals surface area contributed by atoms with Gasteiger partial charge in [-0.2, -0.15) is 5.10 Å². The lowest BCUT2D eigenvalue weighted by atomic mass is 10.1. The van der Waals surface area contributed by atoms with Gasteiger partial charge in [0.25, 0.3) is 0 Å². The molecule has 5 nitrogen and oxygen atoms in total. The van der Waals surface area contributed by atoms with Crippen molar-refractivity contribution >= 4 is 39.2 Å². The van der Waals surface area contributed by atoms with Crippen LogP contribution in [0.4, 0.5) is 0 Å². The number of hydrogen-bond donors (Lipinski definition) is 1. The van der Waals surface area contributed by atoms with Gasteiger partial charge in [-0.3, -0.25) is 0 Å². The Bertz CT molecular complexity index is 1480. The number of aromatic nitrogens is 2. The molecule has 0 saturated heterocycles. The van der Waals surface area contributed by atoms with Gasteiger partial charge in [0.1, 0.15) is 5.25 Å². The van der Waals surface area contributed by atoms with E-state index in [1.807, 2.05) is 6.92 Å². The average molecular weight is 499 g/mol. The number of sulfone groups is 1. The molecule has 33 heavy (non-hydrogen) atoms. The van der Waals surface area contributed by atoms with Crippen LogP contribution in [0.3, 0.4) is 0 Å². The highest BCUT2D eigenvalue weighted by atomic mass is 35.5. The van der Waals surface area contributed by atoms with Crippen molar-refractivity contribution in [2.45, 2.75) is 24.0 Å². The van der Waals surface area contributed by atoms with E-state index in [9.17, 15) is 8.42 Å². The van der Waals surface area contributed by atoms with Gasteiger partial charge in [0.2, 0.25) is 0 Å². The molecule has 1 N–H and O–H groups in total. The molecule has 0 saturated carbocycles. The SMILES string of the molecule is [2H]C(=N)C(c1nn(-c2ccccc2Cl)c(-c2ccc(Cl)cc2)c1C)S(=O)(=O)c1ccc(C)cc1. The molecule has 1 atom stereocenters. The fourth-order valence-electron chi connectivity index (χ4n) is 3.66. The first kappa shape index (κ1) is 21.9. The molecule has 0 amide bonds. The molecular formula is C25H21Cl2N3O2S. The molecule has 0 radical (unpaired) electrons. The Balaban J connectivity index is 2.00. The third kappa shape index (κ3) is 4.34. The summed E-state index contributed by atoms with van der Waals surface area (Å²) in [6.07, 6.45) is -0.768. The summed E-state index contributed by atoms with van der Waals surface area (Å²) in [7, 11) is -4.12. The van der Waals surface area contributed by atoms with Crippen molar-refractivity contribution in [3.8, 4) is 16.9 Å². The van der Waals surface area contributed by atoms with Gasteiger partial charge in [-0.05, 0) is 50.2 Å². The van der Waals surface area contributed by atoms with Gasteiger partial charge < -0.3 is 5.41 Å². The predicted molar refractivity (Wildman–Crippen MR) is 134 cm³/mol. The number of aryl methyl sites for hydroxylation is 1. The van der Waals surface area contributed by atoms with Gasteiger partial charge in [0, 0.05) is 22.3 Å². The second-order valence-corrected chi connectivity index (χ2v) is 10.5. The predicted octanol–water partition coefficient (Wildman–Crippen LogP) is 6.63. The van der Waals surface area contributed by atoms with E-state index >= 15 is 0 Å². The van der Waals surface area contributed by atoms with Crippen LogP contribution >= 0.6 is 23.2 Å². The second-order valence-electron chi connectivity index (χ2n) is 7.61. The number of nitrogens with one attached hydrogen (secondary N) is 1. The van der Waals surface area contributed by atoms with E-state index in [2.05, 4.69) is 5.10 Å². The largest absolute Gasteiger partial charge is 0.311 e. The number of nitrogens with zero attached hydrogens (tertiary/aromatic N) is 2. The molecule has 1 heterocycles. The highest BCUT2D eigenvalue weighted by Crippen LogP contribution is 2.37. The number of hydrogen-bond acceptors (Lipinski definition) is 4. The quantitative estimate of drug-likeness (QED) is 0.303. The summed E-state index contributed by atoms with van der Waals surface area (Å²) < 4.78 is 36.8. The van der Waals surface area contributed by atoms with Crippen molar-refractivity contribution in [3.05, 3.63) is 99.7 Å².